The summed E-state index contributed by atoms with van der Waals surface area (Å²) in [6.07, 6.45) is 2.91. The van der Waals surface area contributed by atoms with Crippen LogP contribution in [0.1, 0.15) is 24.2 Å². The molecule has 1 aliphatic carbocycles. The van der Waals surface area contributed by atoms with Gasteiger partial charge in [0.1, 0.15) is 5.71 Å². The third-order valence-corrected chi connectivity index (χ3v) is 3.01. The largest absolute Gasteiger partial charge is 0.366 e. The summed E-state index contributed by atoms with van der Waals surface area (Å²) in [5.41, 5.74) is 1.22. The van der Waals surface area contributed by atoms with Gasteiger partial charge in [-0.1, -0.05) is 11.2 Å². The van der Waals surface area contributed by atoms with Crippen LogP contribution >= 0.6 is 0 Å². The van der Waals surface area contributed by atoms with Gasteiger partial charge in [-0.15, -0.1) is 0 Å². The summed E-state index contributed by atoms with van der Waals surface area (Å²) in [4.78, 5) is 38.1. The average Bonchev–Trinajstić information content (AvgIpc) is 2.49. The van der Waals surface area contributed by atoms with Gasteiger partial charge in [0, 0.05) is 12.1 Å². The smallest absolute Gasteiger partial charge is 0.312 e. The van der Waals surface area contributed by atoms with Crippen molar-refractivity contribution in [3.63, 3.8) is 0 Å². The molecule has 0 saturated heterocycles. The lowest BCUT2D eigenvalue weighted by atomic mass is 9.99. The monoisotopic (exact) mass is 300 g/mol. The molecule has 0 saturated carbocycles. The van der Waals surface area contributed by atoms with Gasteiger partial charge in [-0.3, -0.25) is 14.9 Å². The number of nitro benzene ring substituents is 1. The normalized spacial score (nSPS) is 16.1. The first-order valence-corrected chi connectivity index (χ1v) is 6.33. The highest BCUT2D eigenvalue weighted by atomic mass is 16.7. The molecule has 0 unspecified atom stereocenters. The number of hydrogen-bond donors (Lipinski definition) is 0. The summed E-state index contributed by atoms with van der Waals surface area (Å²) in [7, 11) is 0. The van der Waals surface area contributed by atoms with Crippen LogP contribution in [0.5, 0.6) is 0 Å². The molecule has 0 fully saturated rings. The van der Waals surface area contributed by atoms with Crippen LogP contribution in [-0.4, -0.2) is 22.4 Å². The van der Waals surface area contributed by atoms with Crippen molar-refractivity contribution < 1.29 is 19.3 Å². The predicted molar refractivity (Wildman–Crippen MR) is 78.5 cm³/mol. The molecule has 0 radical (unpaired) electrons. The van der Waals surface area contributed by atoms with Crippen LogP contribution in [-0.2, 0) is 9.63 Å². The molecule has 112 valence electrons. The molecular formula is C15H12N2O5. The Morgan fingerprint density at radius 1 is 1.23 bits per heavy atom. The maximum atomic E-state index is 11.9. The highest BCUT2D eigenvalue weighted by molar-refractivity contribution is 6.21. The highest BCUT2D eigenvalue weighted by Crippen LogP contribution is 2.15. The molecule has 1 aliphatic rings. The third kappa shape index (κ3) is 3.32. The van der Waals surface area contributed by atoms with Crippen molar-refractivity contribution >= 4 is 23.2 Å². The minimum absolute atomic E-state index is 0.0211. The quantitative estimate of drug-likeness (QED) is 0.370. The molecule has 0 aromatic heterocycles. The summed E-state index contributed by atoms with van der Waals surface area (Å²) in [5.74, 6) is -0.937. The Morgan fingerprint density at radius 2 is 1.95 bits per heavy atom. The second-order valence-corrected chi connectivity index (χ2v) is 4.68. The van der Waals surface area contributed by atoms with Gasteiger partial charge >= 0.3 is 5.97 Å². The van der Waals surface area contributed by atoms with Crippen LogP contribution in [0.25, 0.3) is 0 Å². The number of carbonyl (C=O) groups excluding carboxylic acids is 2. The first-order chi connectivity index (χ1) is 10.4. The Bertz CT molecular complexity index is 759. The lowest BCUT2D eigenvalue weighted by molar-refractivity contribution is -0.384. The van der Waals surface area contributed by atoms with Crippen molar-refractivity contribution in [1.82, 2.24) is 0 Å². The van der Waals surface area contributed by atoms with E-state index in [4.69, 9.17) is 4.84 Å². The number of nitrogens with zero attached hydrogens (tertiary/aromatic N) is 2. The van der Waals surface area contributed by atoms with Gasteiger partial charge in [0.25, 0.3) is 5.69 Å². The van der Waals surface area contributed by atoms with Crippen LogP contribution in [0.4, 0.5) is 5.69 Å². The maximum absolute atomic E-state index is 11.9. The van der Waals surface area contributed by atoms with Gasteiger partial charge in [0.2, 0.25) is 0 Å². The number of non-ortho nitro benzene ring substituents is 1. The molecule has 0 amide bonds. The Hall–Kier alpha value is -3.09. The van der Waals surface area contributed by atoms with Gasteiger partial charge in [-0.25, -0.2) is 4.79 Å². The maximum Gasteiger partial charge on any atom is 0.366 e. The summed E-state index contributed by atoms with van der Waals surface area (Å²) in [6, 6.07) is 5.16. The summed E-state index contributed by atoms with van der Waals surface area (Å²) in [6.45, 7) is 3.30. The van der Waals surface area contributed by atoms with Gasteiger partial charge in [-0.2, -0.15) is 0 Å². The Balaban J connectivity index is 2.18. The van der Waals surface area contributed by atoms with Crippen molar-refractivity contribution in [2.45, 2.75) is 13.8 Å². The molecule has 7 nitrogen and oxygen atoms in total. The molecule has 0 aliphatic heterocycles. The number of carbonyl (C=O) groups is 2. The topological polar surface area (TPSA) is 98.9 Å². The molecular weight excluding hydrogens is 288 g/mol. The number of ketones is 1. The average molecular weight is 300 g/mol. The van der Waals surface area contributed by atoms with Crippen molar-refractivity contribution in [2.24, 2.45) is 5.16 Å². The number of oxime groups is 1. The lowest BCUT2D eigenvalue weighted by Crippen LogP contribution is -2.11. The van der Waals surface area contributed by atoms with Crippen molar-refractivity contribution in [3.8, 4) is 0 Å². The molecule has 0 N–H and O–H groups in total. The Morgan fingerprint density at radius 3 is 2.64 bits per heavy atom. The summed E-state index contributed by atoms with van der Waals surface area (Å²) < 4.78 is 0. The van der Waals surface area contributed by atoms with Crippen LogP contribution < -0.4 is 0 Å². The highest BCUT2D eigenvalue weighted by Gasteiger charge is 2.16. The minimum atomic E-state index is -0.813. The second-order valence-electron chi connectivity index (χ2n) is 4.68. The molecule has 2 rings (SSSR count). The van der Waals surface area contributed by atoms with Crippen molar-refractivity contribution in [2.75, 3.05) is 0 Å². The van der Waals surface area contributed by atoms with Crippen molar-refractivity contribution in [1.29, 1.82) is 0 Å². The van der Waals surface area contributed by atoms with Gasteiger partial charge in [0.15, 0.2) is 5.78 Å². The van der Waals surface area contributed by atoms with E-state index in [0.717, 1.165) is 6.07 Å². The zero-order valence-electron chi connectivity index (χ0n) is 11.9. The standard InChI is InChI=1S/C15H12N2O5/c1-9-7-14(18)10(2)6-13(9)16-22-15(19)11-4-3-5-12(8-11)17(20)21/h3-8H,1-2H3. The van der Waals surface area contributed by atoms with Gasteiger partial charge in [-0.05, 0) is 43.2 Å². The third-order valence-electron chi connectivity index (χ3n) is 3.01. The predicted octanol–water partition coefficient (Wildman–Crippen LogP) is 2.58. The zero-order valence-corrected chi connectivity index (χ0v) is 11.9. The van der Waals surface area contributed by atoms with Crippen LogP contribution in [0.15, 0.2) is 52.7 Å². The van der Waals surface area contributed by atoms with Crippen LogP contribution in [0, 0.1) is 10.1 Å². The number of allylic oxidation sites excluding steroid dienone is 4. The first-order valence-electron chi connectivity index (χ1n) is 6.33. The van der Waals surface area contributed by atoms with Gasteiger partial charge < -0.3 is 4.84 Å². The van der Waals surface area contributed by atoms with E-state index in [-0.39, 0.29) is 17.0 Å². The Labute approximate surface area is 125 Å². The fraction of sp³-hybridized carbons (Fsp3) is 0.133. The van der Waals surface area contributed by atoms with Crippen LogP contribution in [0.3, 0.4) is 0 Å². The molecule has 7 heteroatoms. The zero-order chi connectivity index (χ0) is 16.3. The van der Waals surface area contributed by atoms with Crippen LogP contribution in [0.2, 0.25) is 0 Å². The van der Waals surface area contributed by atoms with E-state index in [1.807, 2.05) is 0 Å². The minimum Gasteiger partial charge on any atom is -0.312 e. The summed E-state index contributed by atoms with van der Waals surface area (Å²) >= 11 is 0. The van der Waals surface area contributed by atoms with E-state index in [9.17, 15) is 19.7 Å². The second kappa shape index (κ2) is 6.13. The van der Waals surface area contributed by atoms with E-state index in [1.54, 1.807) is 13.8 Å². The number of benzene rings is 1. The number of rotatable bonds is 3. The van der Waals surface area contributed by atoms with E-state index in [2.05, 4.69) is 5.16 Å². The Kier molecular flexibility index (Phi) is 4.26. The van der Waals surface area contributed by atoms with E-state index in [1.165, 1.54) is 30.4 Å². The molecule has 0 spiro atoms. The molecule has 22 heavy (non-hydrogen) atoms. The number of nitro groups is 1. The summed E-state index contributed by atoms with van der Waals surface area (Å²) in [5, 5.41) is 14.4. The van der Waals surface area contributed by atoms with E-state index in [0.29, 0.717) is 16.9 Å². The van der Waals surface area contributed by atoms with Gasteiger partial charge in [0.05, 0.1) is 10.5 Å². The molecule has 0 bridgehead atoms. The molecule has 1 aromatic rings. The fourth-order valence-corrected chi connectivity index (χ4v) is 1.76. The molecule has 1 aromatic carbocycles. The molecule has 0 atom stereocenters. The molecule has 0 heterocycles. The lowest BCUT2D eigenvalue weighted by Gasteiger charge is -2.08. The number of hydrogen-bond acceptors (Lipinski definition) is 6. The van der Waals surface area contributed by atoms with E-state index >= 15 is 0 Å². The first kappa shape index (κ1) is 15.3. The SMILES string of the molecule is CC1=CC(=NOC(=O)c2cccc([N+](=O)[O-])c2)C(C)=CC1=O. The fourth-order valence-electron chi connectivity index (χ4n) is 1.76. The van der Waals surface area contributed by atoms with E-state index < -0.39 is 10.9 Å². The van der Waals surface area contributed by atoms with Crippen molar-refractivity contribution in [3.05, 3.63) is 63.2 Å².